The maximum atomic E-state index is 11.8. The maximum absolute atomic E-state index is 11.8. The molecule has 0 radical (unpaired) electrons. The summed E-state index contributed by atoms with van der Waals surface area (Å²) in [6, 6.07) is 3.59. The van der Waals surface area contributed by atoms with Crippen molar-refractivity contribution in [3.05, 3.63) is 55.4 Å². The largest absolute Gasteiger partial charge is 0.476 e. The Hall–Kier alpha value is -2.70. The molecule has 0 atom stereocenters. The van der Waals surface area contributed by atoms with Crippen LogP contribution in [0.15, 0.2) is 21.7 Å². The van der Waals surface area contributed by atoms with E-state index in [1.165, 1.54) is 0 Å². The zero-order chi connectivity index (χ0) is 15.0. The molecule has 20 heavy (non-hydrogen) atoms. The SMILES string of the molecule is Cc1cc(C)c(-n2nc(C(=O)O)c(=O)[nH]c2=O)cc1C. The van der Waals surface area contributed by atoms with Gasteiger partial charge in [-0.3, -0.25) is 9.78 Å². The first-order chi connectivity index (χ1) is 9.31. The highest BCUT2D eigenvalue weighted by Gasteiger charge is 2.16. The van der Waals surface area contributed by atoms with Crippen LogP contribution in [-0.2, 0) is 0 Å². The Balaban J connectivity index is 2.80. The van der Waals surface area contributed by atoms with Gasteiger partial charge in [-0.1, -0.05) is 6.07 Å². The number of H-pyrrole nitrogens is 1. The molecule has 2 N–H and O–H groups in total. The van der Waals surface area contributed by atoms with Crippen molar-refractivity contribution >= 4 is 5.97 Å². The molecule has 104 valence electrons. The lowest BCUT2D eigenvalue weighted by molar-refractivity contribution is 0.0685. The minimum atomic E-state index is -1.48. The van der Waals surface area contributed by atoms with Gasteiger partial charge in [0, 0.05) is 0 Å². The fraction of sp³-hybridized carbons (Fsp3) is 0.231. The molecule has 0 bridgehead atoms. The highest BCUT2D eigenvalue weighted by molar-refractivity contribution is 5.84. The molecule has 2 rings (SSSR count). The van der Waals surface area contributed by atoms with Crippen molar-refractivity contribution in [2.45, 2.75) is 20.8 Å². The van der Waals surface area contributed by atoms with Gasteiger partial charge in [0.15, 0.2) is 0 Å². The van der Waals surface area contributed by atoms with Crippen molar-refractivity contribution in [3.63, 3.8) is 0 Å². The Morgan fingerprint density at radius 1 is 1.15 bits per heavy atom. The number of nitrogens with zero attached hydrogens (tertiary/aromatic N) is 2. The zero-order valence-electron chi connectivity index (χ0n) is 11.2. The Morgan fingerprint density at radius 2 is 1.75 bits per heavy atom. The first-order valence-electron chi connectivity index (χ1n) is 5.86. The summed E-state index contributed by atoms with van der Waals surface area (Å²) in [5.41, 5.74) is 0.668. The van der Waals surface area contributed by atoms with Crippen LogP contribution in [0.4, 0.5) is 0 Å². The Labute approximate surface area is 113 Å². The third-order valence-electron chi connectivity index (χ3n) is 3.07. The summed E-state index contributed by atoms with van der Waals surface area (Å²) >= 11 is 0. The Kier molecular flexibility index (Phi) is 3.27. The molecule has 7 nitrogen and oxygen atoms in total. The monoisotopic (exact) mass is 275 g/mol. The highest BCUT2D eigenvalue weighted by atomic mass is 16.4. The normalized spacial score (nSPS) is 10.6. The number of benzene rings is 1. The van der Waals surface area contributed by atoms with Gasteiger partial charge in [0.25, 0.3) is 5.56 Å². The Morgan fingerprint density at radius 3 is 2.35 bits per heavy atom. The maximum Gasteiger partial charge on any atom is 0.362 e. The van der Waals surface area contributed by atoms with Gasteiger partial charge in [0.05, 0.1) is 5.69 Å². The van der Waals surface area contributed by atoms with E-state index < -0.39 is 22.9 Å². The third kappa shape index (κ3) is 2.25. The second-order valence-electron chi connectivity index (χ2n) is 4.55. The smallest absolute Gasteiger partial charge is 0.362 e. The van der Waals surface area contributed by atoms with Crippen LogP contribution in [0.5, 0.6) is 0 Å². The number of carbonyl (C=O) groups is 1. The number of carboxylic acids is 1. The lowest BCUT2D eigenvalue weighted by Crippen LogP contribution is -2.36. The molecule has 1 aromatic carbocycles. The van der Waals surface area contributed by atoms with E-state index in [0.717, 1.165) is 21.4 Å². The van der Waals surface area contributed by atoms with Gasteiger partial charge in [-0.05, 0) is 43.5 Å². The second kappa shape index (κ2) is 4.76. The van der Waals surface area contributed by atoms with Gasteiger partial charge in [-0.25, -0.2) is 9.59 Å². The molecule has 7 heteroatoms. The van der Waals surface area contributed by atoms with Crippen molar-refractivity contribution in [3.8, 4) is 5.69 Å². The van der Waals surface area contributed by atoms with Gasteiger partial charge in [0.2, 0.25) is 5.69 Å². The van der Waals surface area contributed by atoms with Crippen LogP contribution >= 0.6 is 0 Å². The number of hydrogen-bond donors (Lipinski definition) is 2. The summed E-state index contributed by atoms with van der Waals surface area (Å²) in [6.45, 7) is 5.58. The van der Waals surface area contributed by atoms with E-state index in [1.807, 2.05) is 24.9 Å². The minimum Gasteiger partial charge on any atom is -0.476 e. The molecular weight excluding hydrogens is 262 g/mol. The molecule has 2 aromatic rings. The summed E-state index contributed by atoms with van der Waals surface area (Å²) in [7, 11) is 0. The fourth-order valence-corrected chi connectivity index (χ4v) is 1.88. The molecule has 1 aromatic heterocycles. The number of aromatic carboxylic acids is 1. The van der Waals surface area contributed by atoms with Gasteiger partial charge < -0.3 is 5.11 Å². The molecule has 0 fully saturated rings. The van der Waals surface area contributed by atoms with E-state index in [0.29, 0.717) is 5.69 Å². The van der Waals surface area contributed by atoms with Gasteiger partial charge >= 0.3 is 11.7 Å². The molecule has 0 aliphatic carbocycles. The topological polar surface area (TPSA) is 105 Å². The van der Waals surface area contributed by atoms with Crippen molar-refractivity contribution in [1.29, 1.82) is 0 Å². The predicted octanol–water partition coefficient (Wildman–Crippen LogP) is 0.544. The summed E-state index contributed by atoms with van der Waals surface area (Å²) in [5, 5.41) is 12.5. The lowest BCUT2D eigenvalue weighted by atomic mass is 10.1. The number of nitrogens with one attached hydrogen (secondary N) is 1. The van der Waals surface area contributed by atoms with Crippen LogP contribution in [0.2, 0.25) is 0 Å². The van der Waals surface area contributed by atoms with Gasteiger partial charge in [0.1, 0.15) is 0 Å². The third-order valence-corrected chi connectivity index (χ3v) is 3.07. The Bertz CT molecular complexity index is 817. The molecule has 0 amide bonds. The van der Waals surface area contributed by atoms with E-state index in [4.69, 9.17) is 5.11 Å². The van der Waals surface area contributed by atoms with Crippen molar-refractivity contribution in [2.75, 3.05) is 0 Å². The van der Waals surface area contributed by atoms with E-state index >= 15 is 0 Å². The van der Waals surface area contributed by atoms with Crippen LogP contribution in [-0.4, -0.2) is 25.8 Å². The van der Waals surface area contributed by atoms with Crippen LogP contribution in [0.1, 0.15) is 27.2 Å². The number of carboxylic acid groups (broad SMARTS) is 1. The summed E-state index contributed by atoms with van der Waals surface area (Å²) < 4.78 is 0.895. The molecule has 0 unspecified atom stereocenters. The average Bonchev–Trinajstić information content (AvgIpc) is 2.34. The van der Waals surface area contributed by atoms with Crippen molar-refractivity contribution < 1.29 is 9.90 Å². The average molecular weight is 275 g/mol. The van der Waals surface area contributed by atoms with E-state index in [-0.39, 0.29) is 0 Å². The van der Waals surface area contributed by atoms with E-state index in [1.54, 1.807) is 13.0 Å². The van der Waals surface area contributed by atoms with E-state index in [2.05, 4.69) is 5.10 Å². The molecule has 0 aliphatic rings. The summed E-state index contributed by atoms with van der Waals surface area (Å²) in [5.74, 6) is -1.48. The first kappa shape index (κ1) is 13.7. The molecule has 1 heterocycles. The number of hydrogen-bond acceptors (Lipinski definition) is 4. The fourth-order valence-electron chi connectivity index (χ4n) is 1.88. The molecule has 0 saturated heterocycles. The summed E-state index contributed by atoms with van der Waals surface area (Å²) in [4.78, 5) is 36.1. The van der Waals surface area contributed by atoms with Crippen molar-refractivity contribution in [1.82, 2.24) is 14.8 Å². The van der Waals surface area contributed by atoms with Crippen LogP contribution in [0, 0.1) is 20.8 Å². The number of aromatic nitrogens is 3. The number of aryl methyl sites for hydroxylation is 3. The van der Waals surface area contributed by atoms with Gasteiger partial charge in [-0.2, -0.15) is 9.78 Å². The van der Waals surface area contributed by atoms with Crippen LogP contribution < -0.4 is 11.2 Å². The lowest BCUT2D eigenvalue weighted by Gasteiger charge is -2.10. The molecular formula is C13H13N3O4. The van der Waals surface area contributed by atoms with Crippen LogP contribution in [0.3, 0.4) is 0 Å². The molecule has 0 aliphatic heterocycles. The van der Waals surface area contributed by atoms with Crippen LogP contribution in [0.25, 0.3) is 5.69 Å². The quantitative estimate of drug-likeness (QED) is 0.832. The standard InChI is InChI=1S/C13H13N3O4/c1-6-4-8(3)9(5-7(6)2)16-13(20)14-11(17)10(15-16)12(18)19/h4-5H,1-3H3,(H,18,19)(H,14,17,20). The number of aromatic amines is 1. The van der Waals surface area contributed by atoms with Gasteiger partial charge in [-0.15, -0.1) is 0 Å². The molecule has 0 saturated carbocycles. The summed E-state index contributed by atoms with van der Waals surface area (Å²) in [6.07, 6.45) is 0. The van der Waals surface area contributed by atoms with E-state index in [9.17, 15) is 14.4 Å². The first-order valence-corrected chi connectivity index (χ1v) is 5.86. The molecule has 0 spiro atoms. The predicted molar refractivity (Wildman–Crippen MR) is 71.6 cm³/mol. The van der Waals surface area contributed by atoms with Crippen molar-refractivity contribution in [2.24, 2.45) is 0 Å². The zero-order valence-corrected chi connectivity index (χ0v) is 11.2. The minimum absolute atomic E-state index is 0.442. The second-order valence-corrected chi connectivity index (χ2v) is 4.55. The number of rotatable bonds is 2. The highest BCUT2D eigenvalue weighted by Crippen LogP contribution is 2.17.